The first-order valence-electron chi connectivity index (χ1n) is 12.2. The third-order valence-corrected chi connectivity index (χ3v) is 6.81. The van der Waals surface area contributed by atoms with Crippen molar-refractivity contribution in [2.75, 3.05) is 17.7 Å². The van der Waals surface area contributed by atoms with Gasteiger partial charge in [-0.2, -0.15) is 5.10 Å². The molecule has 1 aliphatic rings. The number of carbonyl (C=O) groups excluding carboxylic acids is 2. The lowest BCUT2D eigenvalue weighted by Crippen LogP contribution is -2.46. The molecule has 0 radical (unpaired) electrons. The predicted octanol–water partition coefficient (Wildman–Crippen LogP) is 4.03. The Kier molecular flexibility index (Phi) is 7.35. The number of nitrogens with one attached hydrogen (secondary N) is 1. The fourth-order valence-corrected chi connectivity index (χ4v) is 4.25. The number of nitrogens with two attached hydrogens (primary N) is 1. The van der Waals surface area contributed by atoms with Crippen LogP contribution in [0.25, 0.3) is 10.9 Å². The van der Waals surface area contributed by atoms with Crippen molar-refractivity contribution in [3.63, 3.8) is 0 Å². The summed E-state index contributed by atoms with van der Waals surface area (Å²) in [6.45, 7) is 9.06. The highest BCUT2D eigenvalue weighted by Crippen LogP contribution is 2.29. The van der Waals surface area contributed by atoms with Gasteiger partial charge in [0.05, 0.1) is 17.3 Å². The van der Waals surface area contributed by atoms with Gasteiger partial charge < -0.3 is 20.7 Å². The number of amides is 2. The average Bonchev–Trinajstić information content (AvgIpc) is 3.32. The smallest absolute Gasteiger partial charge is 0.314 e. The molecule has 0 spiro atoms. The van der Waals surface area contributed by atoms with E-state index in [0.29, 0.717) is 35.6 Å². The van der Waals surface area contributed by atoms with Crippen LogP contribution in [0.1, 0.15) is 57.4 Å². The molecule has 3 N–H and O–H groups in total. The molecule has 3 aromatic rings. The molecule has 9 heteroatoms. The summed E-state index contributed by atoms with van der Waals surface area (Å²) in [5.74, 6) is -0.857. The number of aryl methyl sites for hydroxylation is 1. The van der Waals surface area contributed by atoms with Crippen LogP contribution in [0.2, 0.25) is 0 Å². The molecule has 9 nitrogen and oxygen atoms in total. The van der Waals surface area contributed by atoms with Gasteiger partial charge in [0.1, 0.15) is 17.6 Å². The van der Waals surface area contributed by atoms with Crippen molar-refractivity contribution in [2.24, 2.45) is 5.92 Å². The number of nitrogen functional groups attached to an aromatic ring is 1. The molecule has 1 unspecified atom stereocenters. The van der Waals surface area contributed by atoms with E-state index in [1.54, 1.807) is 15.8 Å². The normalized spacial score (nSPS) is 16.9. The van der Waals surface area contributed by atoms with Gasteiger partial charge in [0.15, 0.2) is 0 Å². The van der Waals surface area contributed by atoms with E-state index in [1.807, 2.05) is 52.0 Å². The van der Waals surface area contributed by atoms with Gasteiger partial charge in [-0.1, -0.05) is 38.1 Å². The Balaban J connectivity index is 1.59. The van der Waals surface area contributed by atoms with Crippen LogP contribution in [-0.4, -0.2) is 44.1 Å². The summed E-state index contributed by atoms with van der Waals surface area (Å²) in [4.78, 5) is 32.4. The monoisotopic (exact) mass is 478 g/mol. The SMILES string of the molecule is Cc1ccccc1CN(C(=O)C(=O)Nc1cnc(N)c2cn(C3CCCCO3)nc12)[C@@H](C)C(C)C. The number of benzene rings is 1. The third-order valence-electron chi connectivity index (χ3n) is 6.81. The summed E-state index contributed by atoms with van der Waals surface area (Å²) < 4.78 is 7.56. The van der Waals surface area contributed by atoms with Crippen molar-refractivity contribution in [1.29, 1.82) is 0 Å². The number of rotatable bonds is 6. The Morgan fingerprint density at radius 2 is 2.03 bits per heavy atom. The molecule has 0 bridgehead atoms. The Labute approximate surface area is 205 Å². The summed E-state index contributed by atoms with van der Waals surface area (Å²) in [5, 5.41) is 7.98. The second-order valence-corrected chi connectivity index (χ2v) is 9.55. The largest absolute Gasteiger partial charge is 0.383 e. The molecule has 1 saturated heterocycles. The Bertz CT molecular complexity index is 1220. The number of hydrogen-bond acceptors (Lipinski definition) is 6. The van der Waals surface area contributed by atoms with Gasteiger partial charge in [-0.3, -0.25) is 9.59 Å². The summed E-state index contributed by atoms with van der Waals surface area (Å²) >= 11 is 0. The number of carbonyl (C=O) groups is 2. The first kappa shape index (κ1) is 24.7. The van der Waals surface area contributed by atoms with E-state index in [4.69, 9.17) is 10.5 Å². The fraction of sp³-hybridized carbons (Fsp3) is 0.462. The molecular formula is C26H34N6O3. The number of nitrogens with zero attached hydrogens (tertiary/aromatic N) is 4. The highest BCUT2D eigenvalue weighted by molar-refractivity contribution is 6.40. The average molecular weight is 479 g/mol. The van der Waals surface area contributed by atoms with E-state index in [-0.39, 0.29) is 18.2 Å². The van der Waals surface area contributed by atoms with E-state index in [0.717, 1.165) is 30.4 Å². The van der Waals surface area contributed by atoms with E-state index >= 15 is 0 Å². The van der Waals surface area contributed by atoms with Crippen LogP contribution in [0.4, 0.5) is 11.5 Å². The molecule has 4 rings (SSSR count). The van der Waals surface area contributed by atoms with Gasteiger partial charge in [0, 0.05) is 25.4 Å². The molecule has 35 heavy (non-hydrogen) atoms. The second-order valence-electron chi connectivity index (χ2n) is 9.55. The Hall–Kier alpha value is -3.46. The highest BCUT2D eigenvalue weighted by Gasteiger charge is 2.29. The quantitative estimate of drug-likeness (QED) is 0.517. The van der Waals surface area contributed by atoms with Gasteiger partial charge >= 0.3 is 11.8 Å². The summed E-state index contributed by atoms with van der Waals surface area (Å²) in [5.41, 5.74) is 8.99. The lowest BCUT2D eigenvalue weighted by atomic mass is 10.0. The van der Waals surface area contributed by atoms with Crippen molar-refractivity contribution >= 4 is 34.2 Å². The molecular weight excluding hydrogens is 444 g/mol. The standard InChI is InChI=1S/C26H34N6O3/c1-16(2)18(4)31(14-19-10-6-5-9-17(19)3)26(34)25(33)29-21-13-28-24(27)20-15-32(30-23(20)21)22-11-7-8-12-35-22/h5-6,9-10,13,15-16,18,22H,7-8,11-12,14H2,1-4H3,(H2,27,28)(H,29,33)/t18-,22?/m0/s1. The van der Waals surface area contributed by atoms with Crippen molar-refractivity contribution in [1.82, 2.24) is 19.7 Å². The first-order chi connectivity index (χ1) is 16.8. The zero-order valence-corrected chi connectivity index (χ0v) is 20.8. The van der Waals surface area contributed by atoms with Crippen LogP contribution >= 0.6 is 0 Å². The van der Waals surface area contributed by atoms with Gasteiger partial charge in [-0.25, -0.2) is 9.67 Å². The maximum atomic E-state index is 13.4. The molecule has 1 fully saturated rings. The van der Waals surface area contributed by atoms with E-state index < -0.39 is 11.8 Å². The van der Waals surface area contributed by atoms with Crippen LogP contribution in [0.15, 0.2) is 36.7 Å². The van der Waals surface area contributed by atoms with Crippen LogP contribution in [0, 0.1) is 12.8 Å². The highest BCUT2D eigenvalue weighted by atomic mass is 16.5. The van der Waals surface area contributed by atoms with E-state index in [9.17, 15) is 9.59 Å². The van der Waals surface area contributed by atoms with Crippen molar-refractivity contribution < 1.29 is 14.3 Å². The fourth-order valence-electron chi connectivity index (χ4n) is 4.25. The topological polar surface area (TPSA) is 115 Å². The molecule has 1 aromatic carbocycles. The van der Waals surface area contributed by atoms with Crippen molar-refractivity contribution in [2.45, 2.75) is 65.8 Å². The number of aromatic nitrogens is 3. The molecule has 3 heterocycles. The van der Waals surface area contributed by atoms with Gasteiger partial charge in [0.25, 0.3) is 0 Å². The maximum Gasteiger partial charge on any atom is 0.314 e. The molecule has 0 saturated carbocycles. The van der Waals surface area contributed by atoms with Crippen LogP contribution in [0.5, 0.6) is 0 Å². The lowest BCUT2D eigenvalue weighted by molar-refractivity contribution is -0.145. The number of hydrogen-bond donors (Lipinski definition) is 2. The molecule has 2 atom stereocenters. The molecule has 0 aliphatic carbocycles. The lowest BCUT2D eigenvalue weighted by Gasteiger charge is -2.32. The minimum atomic E-state index is -0.734. The Morgan fingerprint density at radius 3 is 2.71 bits per heavy atom. The van der Waals surface area contributed by atoms with Crippen molar-refractivity contribution in [3.05, 3.63) is 47.8 Å². The molecule has 2 aromatic heterocycles. The third kappa shape index (κ3) is 5.30. The van der Waals surface area contributed by atoms with Crippen LogP contribution in [-0.2, 0) is 20.9 Å². The zero-order chi connectivity index (χ0) is 25.1. The number of anilines is 2. The number of pyridine rings is 1. The maximum absolute atomic E-state index is 13.4. The zero-order valence-electron chi connectivity index (χ0n) is 20.8. The van der Waals surface area contributed by atoms with Crippen molar-refractivity contribution in [3.8, 4) is 0 Å². The second kappa shape index (κ2) is 10.4. The van der Waals surface area contributed by atoms with E-state index in [1.165, 1.54) is 6.20 Å². The first-order valence-corrected chi connectivity index (χ1v) is 12.2. The van der Waals surface area contributed by atoms with E-state index in [2.05, 4.69) is 15.4 Å². The Morgan fingerprint density at radius 1 is 1.26 bits per heavy atom. The van der Waals surface area contributed by atoms with Gasteiger partial charge in [-0.05, 0) is 50.2 Å². The molecule has 1 aliphatic heterocycles. The van der Waals surface area contributed by atoms with Gasteiger partial charge in [-0.15, -0.1) is 0 Å². The molecule has 2 amide bonds. The van der Waals surface area contributed by atoms with Crippen LogP contribution in [0.3, 0.4) is 0 Å². The van der Waals surface area contributed by atoms with Crippen LogP contribution < -0.4 is 11.1 Å². The summed E-state index contributed by atoms with van der Waals surface area (Å²) in [6, 6.07) is 7.74. The predicted molar refractivity (Wildman–Crippen MR) is 135 cm³/mol. The number of fused-ring (bicyclic) bond motifs is 1. The van der Waals surface area contributed by atoms with Gasteiger partial charge in [0.2, 0.25) is 0 Å². The number of ether oxygens (including phenoxy) is 1. The minimum absolute atomic E-state index is 0.139. The molecule has 186 valence electrons. The summed E-state index contributed by atoms with van der Waals surface area (Å²) in [7, 11) is 0. The summed E-state index contributed by atoms with van der Waals surface area (Å²) in [6.07, 6.45) is 5.98. The minimum Gasteiger partial charge on any atom is -0.383 e.